The van der Waals surface area contributed by atoms with Gasteiger partial charge in [-0.2, -0.15) is 4.98 Å². The number of nitrogens with two attached hydrogens (primary N) is 1. The number of anilines is 1. The Morgan fingerprint density at radius 2 is 2.50 bits per heavy atom. The van der Waals surface area contributed by atoms with Crippen molar-refractivity contribution in [3.05, 3.63) is 18.2 Å². The van der Waals surface area contributed by atoms with Gasteiger partial charge in [0.2, 0.25) is 5.88 Å². The summed E-state index contributed by atoms with van der Waals surface area (Å²) < 4.78 is 10.7. The van der Waals surface area contributed by atoms with E-state index in [0.717, 1.165) is 19.6 Å². The third-order valence-electron chi connectivity index (χ3n) is 2.24. The normalized spacial score (nSPS) is 21.0. The van der Waals surface area contributed by atoms with Gasteiger partial charge in [-0.15, -0.1) is 0 Å². The van der Waals surface area contributed by atoms with E-state index in [1.165, 1.54) is 0 Å². The van der Waals surface area contributed by atoms with E-state index in [4.69, 9.17) is 15.2 Å². The molecule has 0 aliphatic carbocycles. The molecule has 1 fully saturated rings. The van der Waals surface area contributed by atoms with Crippen molar-refractivity contribution in [2.24, 2.45) is 5.92 Å². The molecular weight excluding hydrogens is 180 g/mol. The summed E-state index contributed by atoms with van der Waals surface area (Å²) >= 11 is 0. The molecule has 1 aliphatic rings. The fourth-order valence-corrected chi connectivity index (χ4v) is 1.43. The molecule has 0 saturated carbocycles. The number of rotatable bonds is 3. The van der Waals surface area contributed by atoms with Crippen molar-refractivity contribution >= 4 is 5.82 Å². The SMILES string of the molecule is Nc1cccc(OC[C@H]2CCOC2)n1. The van der Waals surface area contributed by atoms with Crippen LogP contribution >= 0.6 is 0 Å². The summed E-state index contributed by atoms with van der Waals surface area (Å²) in [7, 11) is 0. The Labute approximate surface area is 83.0 Å². The first-order valence-corrected chi connectivity index (χ1v) is 4.77. The number of nitrogens with zero attached hydrogens (tertiary/aromatic N) is 1. The number of aromatic nitrogens is 1. The van der Waals surface area contributed by atoms with Crippen molar-refractivity contribution in [2.45, 2.75) is 6.42 Å². The van der Waals surface area contributed by atoms with Crippen molar-refractivity contribution in [3.8, 4) is 5.88 Å². The van der Waals surface area contributed by atoms with Crippen LogP contribution in [0.3, 0.4) is 0 Å². The summed E-state index contributed by atoms with van der Waals surface area (Å²) in [6, 6.07) is 5.39. The van der Waals surface area contributed by atoms with Crippen LogP contribution in [0.15, 0.2) is 18.2 Å². The predicted molar refractivity (Wildman–Crippen MR) is 53.1 cm³/mol. The summed E-state index contributed by atoms with van der Waals surface area (Å²) in [6.07, 6.45) is 1.07. The molecular formula is C10H14N2O2. The predicted octanol–water partition coefficient (Wildman–Crippen LogP) is 1.08. The molecule has 0 aromatic carbocycles. The van der Waals surface area contributed by atoms with Crippen molar-refractivity contribution in [2.75, 3.05) is 25.6 Å². The fourth-order valence-electron chi connectivity index (χ4n) is 1.43. The number of hydrogen-bond donors (Lipinski definition) is 1. The Bertz CT molecular complexity index is 298. The molecule has 2 rings (SSSR count). The molecule has 2 N–H and O–H groups in total. The topological polar surface area (TPSA) is 57.4 Å². The third-order valence-corrected chi connectivity index (χ3v) is 2.24. The van der Waals surface area contributed by atoms with Crippen LogP contribution in [0.5, 0.6) is 5.88 Å². The molecule has 0 radical (unpaired) electrons. The van der Waals surface area contributed by atoms with E-state index in [-0.39, 0.29) is 0 Å². The highest BCUT2D eigenvalue weighted by atomic mass is 16.5. The highest BCUT2D eigenvalue weighted by Gasteiger charge is 2.16. The van der Waals surface area contributed by atoms with Crippen molar-refractivity contribution in [3.63, 3.8) is 0 Å². The maximum atomic E-state index is 5.53. The van der Waals surface area contributed by atoms with E-state index >= 15 is 0 Å². The van der Waals surface area contributed by atoms with E-state index in [9.17, 15) is 0 Å². The summed E-state index contributed by atoms with van der Waals surface area (Å²) in [5.74, 6) is 1.58. The van der Waals surface area contributed by atoms with Crippen LogP contribution in [-0.4, -0.2) is 24.8 Å². The quantitative estimate of drug-likeness (QED) is 0.782. The van der Waals surface area contributed by atoms with E-state index in [1.807, 2.05) is 12.1 Å². The lowest BCUT2D eigenvalue weighted by molar-refractivity contribution is 0.165. The summed E-state index contributed by atoms with van der Waals surface area (Å²) in [4.78, 5) is 4.05. The van der Waals surface area contributed by atoms with Gasteiger partial charge in [0.25, 0.3) is 0 Å². The zero-order chi connectivity index (χ0) is 9.80. The van der Waals surface area contributed by atoms with Crippen molar-refractivity contribution in [1.29, 1.82) is 0 Å². The molecule has 1 atom stereocenters. The lowest BCUT2D eigenvalue weighted by Crippen LogP contribution is -2.12. The van der Waals surface area contributed by atoms with Gasteiger partial charge in [0, 0.05) is 18.6 Å². The van der Waals surface area contributed by atoms with Crippen LogP contribution in [0.1, 0.15) is 6.42 Å². The lowest BCUT2D eigenvalue weighted by Gasteiger charge is -2.09. The smallest absolute Gasteiger partial charge is 0.215 e. The molecule has 1 aromatic heterocycles. The number of hydrogen-bond acceptors (Lipinski definition) is 4. The lowest BCUT2D eigenvalue weighted by atomic mass is 10.1. The van der Waals surface area contributed by atoms with E-state index < -0.39 is 0 Å². The van der Waals surface area contributed by atoms with E-state index in [0.29, 0.717) is 24.2 Å². The standard InChI is InChI=1S/C10H14N2O2/c11-9-2-1-3-10(12-9)14-7-8-4-5-13-6-8/h1-3,8H,4-7H2,(H2,11,12)/t8-/m0/s1. The van der Waals surface area contributed by atoms with Crippen LogP contribution in [0.4, 0.5) is 5.82 Å². The van der Waals surface area contributed by atoms with Crippen LogP contribution in [0.25, 0.3) is 0 Å². The first-order valence-electron chi connectivity index (χ1n) is 4.77. The molecule has 0 bridgehead atoms. The molecule has 1 aromatic rings. The monoisotopic (exact) mass is 194 g/mol. The van der Waals surface area contributed by atoms with Gasteiger partial charge in [-0.05, 0) is 12.5 Å². The van der Waals surface area contributed by atoms with Gasteiger partial charge in [0.05, 0.1) is 13.2 Å². The molecule has 0 unspecified atom stereocenters. The Balaban J connectivity index is 1.85. The first-order chi connectivity index (χ1) is 6.84. The third kappa shape index (κ3) is 2.35. The highest BCUT2D eigenvalue weighted by molar-refractivity contribution is 5.31. The maximum Gasteiger partial charge on any atom is 0.215 e. The minimum absolute atomic E-state index is 0.491. The van der Waals surface area contributed by atoms with Gasteiger partial charge in [-0.1, -0.05) is 6.07 Å². The van der Waals surface area contributed by atoms with Crippen molar-refractivity contribution in [1.82, 2.24) is 4.98 Å². The number of ether oxygens (including phenoxy) is 2. The Morgan fingerprint density at radius 1 is 1.57 bits per heavy atom. The number of pyridine rings is 1. The van der Waals surface area contributed by atoms with E-state index in [1.54, 1.807) is 6.07 Å². The van der Waals surface area contributed by atoms with Crippen LogP contribution in [0, 0.1) is 5.92 Å². The molecule has 0 amide bonds. The summed E-state index contributed by atoms with van der Waals surface area (Å²) in [5, 5.41) is 0. The van der Waals surface area contributed by atoms with Gasteiger partial charge < -0.3 is 15.2 Å². The highest BCUT2D eigenvalue weighted by Crippen LogP contribution is 2.15. The zero-order valence-electron chi connectivity index (χ0n) is 7.98. The second kappa shape index (κ2) is 4.28. The van der Waals surface area contributed by atoms with Gasteiger partial charge in [0.1, 0.15) is 5.82 Å². The van der Waals surface area contributed by atoms with Crippen LogP contribution in [-0.2, 0) is 4.74 Å². The van der Waals surface area contributed by atoms with Gasteiger partial charge in [0.15, 0.2) is 0 Å². The summed E-state index contributed by atoms with van der Waals surface area (Å²) in [6.45, 7) is 2.30. The summed E-state index contributed by atoms with van der Waals surface area (Å²) in [5.41, 5.74) is 5.53. The van der Waals surface area contributed by atoms with Crippen LogP contribution in [0.2, 0.25) is 0 Å². The molecule has 4 nitrogen and oxygen atoms in total. The van der Waals surface area contributed by atoms with Gasteiger partial charge in [-0.25, -0.2) is 0 Å². The number of nitrogen functional groups attached to an aromatic ring is 1. The molecule has 1 saturated heterocycles. The Hall–Kier alpha value is -1.29. The Morgan fingerprint density at radius 3 is 3.21 bits per heavy atom. The largest absolute Gasteiger partial charge is 0.477 e. The average molecular weight is 194 g/mol. The van der Waals surface area contributed by atoms with Gasteiger partial charge in [-0.3, -0.25) is 0 Å². The van der Waals surface area contributed by atoms with Crippen molar-refractivity contribution < 1.29 is 9.47 Å². The Kier molecular flexibility index (Phi) is 2.84. The molecule has 14 heavy (non-hydrogen) atoms. The fraction of sp³-hybridized carbons (Fsp3) is 0.500. The van der Waals surface area contributed by atoms with Crippen LogP contribution < -0.4 is 10.5 Å². The maximum absolute atomic E-state index is 5.53. The van der Waals surface area contributed by atoms with E-state index in [2.05, 4.69) is 4.98 Å². The molecule has 4 heteroatoms. The molecule has 76 valence electrons. The van der Waals surface area contributed by atoms with Gasteiger partial charge >= 0.3 is 0 Å². The molecule has 2 heterocycles. The average Bonchev–Trinajstić information content (AvgIpc) is 2.67. The molecule has 1 aliphatic heterocycles. The minimum Gasteiger partial charge on any atom is -0.477 e. The second-order valence-corrected chi connectivity index (χ2v) is 3.44. The first kappa shape index (κ1) is 9.27. The minimum atomic E-state index is 0.491. The zero-order valence-corrected chi connectivity index (χ0v) is 7.98. The molecule has 0 spiro atoms. The second-order valence-electron chi connectivity index (χ2n) is 3.44.